The van der Waals surface area contributed by atoms with Crippen LogP contribution >= 0.6 is 12.2 Å². The number of hydrogen-bond acceptors (Lipinski definition) is 4. The lowest BCUT2D eigenvalue weighted by Gasteiger charge is -2.09. The first-order chi connectivity index (χ1) is 9.51. The van der Waals surface area contributed by atoms with E-state index in [1.807, 2.05) is 13.0 Å². The van der Waals surface area contributed by atoms with Gasteiger partial charge in [0.1, 0.15) is 10.7 Å². The number of pyridine rings is 2. The molecule has 0 bridgehead atoms. The molecule has 0 saturated carbocycles. The standard InChI is InChI=1S/C14H15N3O2S/c1-9-6-11(19-2)7-10(16-9)8-17-5-3-4-12(13(15)20)14(17)18/h3-7H,8H2,1-2H3,(H2,15,20). The van der Waals surface area contributed by atoms with E-state index in [0.717, 1.165) is 11.4 Å². The summed E-state index contributed by atoms with van der Waals surface area (Å²) in [6.45, 7) is 2.22. The Morgan fingerprint density at radius 3 is 2.90 bits per heavy atom. The molecule has 104 valence electrons. The highest BCUT2D eigenvalue weighted by atomic mass is 32.1. The van der Waals surface area contributed by atoms with Crippen LogP contribution in [0.25, 0.3) is 0 Å². The minimum Gasteiger partial charge on any atom is -0.497 e. The number of nitrogens with two attached hydrogens (primary N) is 1. The van der Waals surface area contributed by atoms with E-state index < -0.39 is 0 Å². The number of thiocarbonyl (C=S) groups is 1. The zero-order chi connectivity index (χ0) is 14.7. The molecule has 0 aliphatic heterocycles. The molecule has 2 N–H and O–H groups in total. The van der Waals surface area contributed by atoms with Gasteiger partial charge in [0.15, 0.2) is 0 Å². The smallest absolute Gasteiger partial charge is 0.261 e. The number of aryl methyl sites for hydroxylation is 1. The van der Waals surface area contributed by atoms with Gasteiger partial charge in [-0.25, -0.2) is 0 Å². The van der Waals surface area contributed by atoms with Crippen LogP contribution in [0.1, 0.15) is 17.0 Å². The molecular weight excluding hydrogens is 274 g/mol. The SMILES string of the molecule is COc1cc(C)nc(Cn2cccc(C(N)=S)c2=O)c1. The molecule has 2 aromatic rings. The van der Waals surface area contributed by atoms with Crippen LogP contribution in [0.2, 0.25) is 0 Å². The van der Waals surface area contributed by atoms with Crippen molar-refractivity contribution < 1.29 is 4.74 Å². The van der Waals surface area contributed by atoms with Crippen molar-refractivity contribution in [1.29, 1.82) is 0 Å². The number of rotatable bonds is 4. The predicted molar refractivity (Wildman–Crippen MR) is 81.2 cm³/mol. The van der Waals surface area contributed by atoms with Gasteiger partial charge < -0.3 is 15.0 Å². The fourth-order valence-corrected chi connectivity index (χ4v) is 2.08. The Morgan fingerprint density at radius 1 is 1.50 bits per heavy atom. The summed E-state index contributed by atoms with van der Waals surface area (Å²) in [4.78, 5) is 16.7. The van der Waals surface area contributed by atoms with Gasteiger partial charge >= 0.3 is 0 Å². The van der Waals surface area contributed by atoms with Gasteiger partial charge in [-0.05, 0) is 19.1 Å². The monoisotopic (exact) mass is 289 g/mol. The van der Waals surface area contributed by atoms with Crippen LogP contribution in [0.5, 0.6) is 5.75 Å². The summed E-state index contributed by atoms with van der Waals surface area (Å²) < 4.78 is 6.72. The largest absolute Gasteiger partial charge is 0.497 e. The third kappa shape index (κ3) is 3.03. The van der Waals surface area contributed by atoms with E-state index in [2.05, 4.69) is 4.98 Å². The maximum atomic E-state index is 12.2. The summed E-state index contributed by atoms with van der Waals surface area (Å²) in [5.41, 5.74) is 7.22. The van der Waals surface area contributed by atoms with E-state index in [9.17, 15) is 4.79 Å². The highest BCUT2D eigenvalue weighted by Gasteiger charge is 2.07. The third-order valence-electron chi connectivity index (χ3n) is 2.83. The summed E-state index contributed by atoms with van der Waals surface area (Å²) in [6.07, 6.45) is 1.68. The van der Waals surface area contributed by atoms with Gasteiger partial charge in [0.05, 0.1) is 24.9 Å². The van der Waals surface area contributed by atoms with E-state index >= 15 is 0 Å². The molecule has 0 aliphatic rings. The van der Waals surface area contributed by atoms with Crippen molar-refractivity contribution in [2.45, 2.75) is 13.5 Å². The lowest BCUT2D eigenvalue weighted by atomic mass is 10.2. The highest BCUT2D eigenvalue weighted by molar-refractivity contribution is 7.80. The summed E-state index contributed by atoms with van der Waals surface area (Å²) in [6, 6.07) is 6.99. The van der Waals surface area contributed by atoms with Crippen LogP contribution < -0.4 is 16.0 Å². The average Bonchev–Trinajstić information content (AvgIpc) is 2.40. The zero-order valence-electron chi connectivity index (χ0n) is 11.3. The number of methoxy groups -OCH3 is 1. The maximum absolute atomic E-state index is 12.2. The lowest BCUT2D eigenvalue weighted by Crippen LogP contribution is -2.29. The van der Waals surface area contributed by atoms with Gasteiger partial charge in [-0.2, -0.15) is 0 Å². The predicted octanol–water partition coefficient (Wildman–Crippen LogP) is 1.24. The molecule has 6 heteroatoms. The second kappa shape index (κ2) is 5.83. The fraction of sp³-hybridized carbons (Fsp3) is 0.214. The topological polar surface area (TPSA) is 70.1 Å². The van der Waals surface area contributed by atoms with Crippen LogP contribution in [0.3, 0.4) is 0 Å². The molecule has 2 aromatic heterocycles. The van der Waals surface area contributed by atoms with E-state index in [1.165, 1.54) is 4.57 Å². The van der Waals surface area contributed by atoms with Crippen LogP contribution in [0.4, 0.5) is 0 Å². The van der Waals surface area contributed by atoms with Crippen LogP contribution in [-0.4, -0.2) is 21.6 Å². The molecule has 0 saturated heterocycles. The molecule has 0 aliphatic carbocycles. The summed E-state index contributed by atoms with van der Waals surface area (Å²) >= 11 is 4.86. The quantitative estimate of drug-likeness (QED) is 0.858. The molecule has 0 fully saturated rings. The van der Waals surface area contributed by atoms with Crippen molar-refractivity contribution in [1.82, 2.24) is 9.55 Å². The Morgan fingerprint density at radius 2 is 2.25 bits per heavy atom. The molecule has 0 aromatic carbocycles. The van der Waals surface area contributed by atoms with E-state index in [-0.39, 0.29) is 10.5 Å². The lowest BCUT2D eigenvalue weighted by molar-refractivity contribution is 0.413. The first kappa shape index (κ1) is 14.2. The van der Waals surface area contributed by atoms with Gasteiger partial charge in [-0.1, -0.05) is 12.2 Å². The Balaban J connectivity index is 2.40. The molecule has 2 heterocycles. The van der Waals surface area contributed by atoms with E-state index in [4.69, 9.17) is 22.7 Å². The Hall–Kier alpha value is -2.21. The van der Waals surface area contributed by atoms with Gasteiger partial charge in [0, 0.05) is 24.0 Å². The number of ether oxygens (including phenoxy) is 1. The van der Waals surface area contributed by atoms with Crippen LogP contribution in [0.15, 0.2) is 35.3 Å². The second-order valence-corrected chi connectivity index (χ2v) is 4.80. The second-order valence-electron chi connectivity index (χ2n) is 4.36. The first-order valence-electron chi connectivity index (χ1n) is 6.02. The number of aromatic nitrogens is 2. The van der Waals surface area contributed by atoms with E-state index in [0.29, 0.717) is 17.9 Å². The third-order valence-corrected chi connectivity index (χ3v) is 3.05. The van der Waals surface area contributed by atoms with Gasteiger partial charge in [-0.15, -0.1) is 0 Å². The number of hydrogen-bond donors (Lipinski definition) is 1. The van der Waals surface area contributed by atoms with Gasteiger partial charge in [-0.3, -0.25) is 9.78 Å². The molecular formula is C14H15N3O2S. The summed E-state index contributed by atoms with van der Waals surface area (Å²) in [5, 5.41) is 0. The van der Waals surface area contributed by atoms with Gasteiger partial charge in [0.2, 0.25) is 0 Å². The number of nitrogens with zero attached hydrogens (tertiary/aromatic N) is 2. The van der Waals surface area contributed by atoms with Crippen LogP contribution in [0, 0.1) is 6.92 Å². The van der Waals surface area contributed by atoms with Crippen molar-refractivity contribution >= 4 is 17.2 Å². The van der Waals surface area contributed by atoms with Crippen molar-refractivity contribution in [3.8, 4) is 5.75 Å². The highest BCUT2D eigenvalue weighted by Crippen LogP contribution is 2.13. The molecule has 20 heavy (non-hydrogen) atoms. The normalized spacial score (nSPS) is 10.3. The Labute approximate surface area is 122 Å². The summed E-state index contributed by atoms with van der Waals surface area (Å²) in [7, 11) is 1.60. The zero-order valence-corrected chi connectivity index (χ0v) is 12.1. The maximum Gasteiger partial charge on any atom is 0.261 e. The molecule has 0 radical (unpaired) electrons. The van der Waals surface area contributed by atoms with Crippen molar-refractivity contribution in [2.75, 3.05) is 7.11 Å². The molecule has 5 nitrogen and oxygen atoms in total. The molecule has 0 atom stereocenters. The average molecular weight is 289 g/mol. The Kier molecular flexibility index (Phi) is 4.14. The fourth-order valence-electron chi connectivity index (χ4n) is 1.93. The van der Waals surface area contributed by atoms with Crippen molar-refractivity contribution in [3.63, 3.8) is 0 Å². The molecule has 0 spiro atoms. The molecule has 2 rings (SSSR count). The van der Waals surface area contributed by atoms with Crippen molar-refractivity contribution in [2.24, 2.45) is 5.73 Å². The van der Waals surface area contributed by atoms with Gasteiger partial charge in [0.25, 0.3) is 5.56 Å². The minimum atomic E-state index is -0.220. The Bertz CT molecular complexity index is 710. The molecule has 0 amide bonds. The van der Waals surface area contributed by atoms with Crippen molar-refractivity contribution in [3.05, 3.63) is 57.8 Å². The summed E-state index contributed by atoms with van der Waals surface area (Å²) in [5.74, 6) is 0.714. The van der Waals surface area contributed by atoms with Crippen LogP contribution in [-0.2, 0) is 6.54 Å². The van der Waals surface area contributed by atoms with E-state index in [1.54, 1.807) is 31.5 Å². The minimum absolute atomic E-state index is 0.0964. The molecule has 0 unspecified atom stereocenters. The first-order valence-corrected chi connectivity index (χ1v) is 6.43.